The third kappa shape index (κ3) is 3.40. The van der Waals surface area contributed by atoms with Crippen LogP contribution >= 0.6 is 0 Å². The number of hydrogen-bond acceptors (Lipinski definition) is 3. The molecule has 0 saturated heterocycles. The summed E-state index contributed by atoms with van der Waals surface area (Å²) in [7, 11) is 1.65. The molecule has 0 aromatic heterocycles. The van der Waals surface area contributed by atoms with Gasteiger partial charge < -0.3 is 10.4 Å². The van der Waals surface area contributed by atoms with Crippen LogP contribution in [0.4, 0.5) is 0 Å². The Balaban J connectivity index is 2.44. The molecule has 67 valence electrons. The first-order valence-electron chi connectivity index (χ1n) is 4.04. The molecule has 0 aliphatic rings. The topological polar surface area (TPSA) is 52.3 Å². The normalized spacial score (nSPS) is 9.62. The fourth-order valence-electron chi connectivity index (χ4n) is 0.955. The molecule has 4 heteroatoms. The van der Waals surface area contributed by atoms with Gasteiger partial charge in [-0.25, -0.2) is 0 Å². The second-order valence-electron chi connectivity index (χ2n) is 2.56. The monoisotopic (exact) mass is 176 g/mol. The van der Waals surface area contributed by atoms with Crippen molar-refractivity contribution in [2.24, 2.45) is 5.73 Å². The van der Waals surface area contributed by atoms with Gasteiger partial charge in [-0.2, -0.15) is 0 Å². The highest BCUT2D eigenvalue weighted by atomic mass is 16.4. The summed E-state index contributed by atoms with van der Waals surface area (Å²) in [5.41, 5.74) is 6.92. The average Bonchev–Trinajstić information content (AvgIpc) is 2.19. The predicted molar refractivity (Wildman–Crippen MR) is 51.4 cm³/mol. The zero-order valence-electron chi connectivity index (χ0n) is 7.27. The second kappa shape index (κ2) is 5.51. The van der Waals surface area contributed by atoms with Crippen molar-refractivity contribution in [3.63, 3.8) is 0 Å². The van der Waals surface area contributed by atoms with E-state index in [4.69, 9.17) is 10.4 Å². The van der Waals surface area contributed by atoms with Crippen LogP contribution in [0.3, 0.4) is 0 Å². The van der Waals surface area contributed by atoms with E-state index in [9.17, 15) is 4.79 Å². The average molecular weight is 176 g/mol. The van der Waals surface area contributed by atoms with Crippen LogP contribution < -0.4 is 5.73 Å². The van der Waals surface area contributed by atoms with E-state index in [2.05, 4.69) is 0 Å². The Kier molecular flexibility index (Phi) is 4.22. The van der Waals surface area contributed by atoms with E-state index in [-0.39, 0.29) is 6.73 Å². The maximum absolute atomic E-state index is 10.3. The Hall–Kier alpha value is -1.13. The number of benzene rings is 1. The maximum atomic E-state index is 10.3. The van der Waals surface area contributed by atoms with Crippen molar-refractivity contribution in [2.75, 3.05) is 6.73 Å². The van der Waals surface area contributed by atoms with Gasteiger partial charge in [0.05, 0.1) is 6.73 Å². The quantitative estimate of drug-likeness (QED) is 0.308. The summed E-state index contributed by atoms with van der Waals surface area (Å²) in [6, 6.07) is 7.33. The lowest BCUT2D eigenvalue weighted by Gasteiger charge is -1.99. The minimum atomic E-state index is 0.201. The summed E-state index contributed by atoms with van der Waals surface area (Å²) in [5.74, 6) is 0. The van der Waals surface area contributed by atoms with Gasteiger partial charge in [0.2, 0.25) is 0 Å². The first-order valence-corrected chi connectivity index (χ1v) is 4.04. The third-order valence-electron chi connectivity index (χ3n) is 1.65. The number of carbonyl (C=O) groups is 1. The third-order valence-corrected chi connectivity index (χ3v) is 1.65. The lowest BCUT2D eigenvalue weighted by atomic mass is 9.89. The molecule has 1 aromatic carbocycles. The Morgan fingerprint density at radius 2 is 2.08 bits per heavy atom. The van der Waals surface area contributed by atoms with E-state index in [1.807, 2.05) is 12.1 Å². The molecule has 0 atom stereocenters. The van der Waals surface area contributed by atoms with Crippen LogP contribution in [0.1, 0.15) is 15.9 Å². The minimum absolute atomic E-state index is 0.201. The molecule has 1 rings (SSSR count). The van der Waals surface area contributed by atoms with Gasteiger partial charge in [-0.05, 0) is 6.32 Å². The summed E-state index contributed by atoms with van der Waals surface area (Å²) >= 11 is 0. The van der Waals surface area contributed by atoms with Gasteiger partial charge in [-0.15, -0.1) is 0 Å². The summed E-state index contributed by atoms with van der Waals surface area (Å²) in [4.78, 5) is 10.3. The molecule has 0 heterocycles. The Bertz CT molecular complexity index is 261. The molecule has 0 amide bonds. The van der Waals surface area contributed by atoms with Gasteiger partial charge in [-0.3, -0.25) is 4.79 Å². The lowest BCUT2D eigenvalue weighted by Crippen LogP contribution is -2.10. The van der Waals surface area contributed by atoms with Crippen LogP contribution in [0.2, 0.25) is 0 Å². The minimum Gasteiger partial charge on any atom is -0.428 e. The van der Waals surface area contributed by atoms with Crippen molar-refractivity contribution in [1.29, 1.82) is 0 Å². The van der Waals surface area contributed by atoms with Crippen molar-refractivity contribution in [3.05, 3.63) is 35.4 Å². The highest BCUT2D eigenvalue weighted by molar-refractivity contribution is 6.26. The van der Waals surface area contributed by atoms with Gasteiger partial charge in [0.1, 0.15) is 6.29 Å². The zero-order chi connectivity index (χ0) is 9.52. The molecule has 1 radical (unpaired) electrons. The zero-order valence-corrected chi connectivity index (χ0v) is 7.27. The number of carbonyl (C=O) groups excluding carboxylic acids is 1. The second-order valence-corrected chi connectivity index (χ2v) is 2.56. The standard InChI is InChI=1S/C9H11BNO2/c11-7-13-10-5-8-1-3-9(6-12)4-2-8/h1-4,6H,5,7,11H2. The maximum Gasteiger partial charge on any atom is 0.298 e. The molecule has 2 N–H and O–H groups in total. The SMILES string of the molecule is NCO[B]Cc1ccc(C=O)cc1. The number of hydrogen-bond donors (Lipinski definition) is 1. The smallest absolute Gasteiger partial charge is 0.298 e. The number of rotatable bonds is 5. The molecule has 0 unspecified atom stereocenters. The van der Waals surface area contributed by atoms with E-state index in [1.165, 1.54) is 0 Å². The molecule has 13 heavy (non-hydrogen) atoms. The molecular weight excluding hydrogens is 165 g/mol. The van der Waals surface area contributed by atoms with Gasteiger partial charge >= 0.3 is 0 Å². The van der Waals surface area contributed by atoms with Crippen LogP contribution in [0.15, 0.2) is 24.3 Å². The Labute approximate surface area is 78.2 Å². The fourth-order valence-corrected chi connectivity index (χ4v) is 0.955. The molecule has 0 fully saturated rings. The van der Waals surface area contributed by atoms with Gasteiger partial charge in [0, 0.05) is 5.56 Å². The Morgan fingerprint density at radius 1 is 1.38 bits per heavy atom. The molecule has 0 aliphatic heterocycles. The number of aldehydes is 1. The van der Waals surface area contributed by atoms with E-state index in [1.54, 1.807) is 19.6 Å². The molecule has 0 bridgehead atoms. The van der Waals surface area contributed by atoms with Crippen LogP contribution in [0, 0.1) is 0 Å². The van der Waals surface area contributed by atoms with Crippen molar-refractivity contribution in [2.45, 2.75) is 6.32 Å². The molecule has 1 aromatic rings. The van der Waals surface area contributed by atoms with E-state index in [0.29, 0.717) is 11.9 Å². The van der Waals surface area contributed by atoms with Gasteiger partial charge in [0.15, 0.2) is 0 Å². The fraction of sp³-hybridized carbons (Fsp3) is 0.222. The largest absolute Gasteiger partial charge is 0.428 e. The van der Waals surface area contributed by atoms with E-state index in [0.717, 1.165) is 11.8 Å². The summed E-state index contributed by atoms with van der Waals surface area (Å²) in [6.07, 6.45) is 1.53. The summed E-state index contributed by atoms with van der Waals surface area (Å²) in [6.45, 7) is 0.201. The molecule has 0 spiro atoms. The molecular formula is C9H11BNO2. The van der Waals surface area contributed by atoms with Crippen LogP contribution in [-0.4, -0.2) is 20.5 Å². The van der Waals surface area contributed by atoms with E-state index >= 15 is 0 Å². The summed E-state index contributed by atoms with van der Waals surface area (Å²) in [5, 5.41) is 0. The molecule has 0 saturated carbocycles. The first kappa shape index (κ1) is 9.96. The predicted octanol–water partition coefficient (Wildman–Crippen LogP) is 0.551. The summed E-state index contributed by atoms with van der Waals surface area (Å²) < 4.78 is 4.88. The highest BCUT2D eigenvalue weighted by Gasteiger charge is 1.95. The lowest BCUT2D eigenvalue weighted by molar-refractivity contribution is 0.112. The van der Waals surface area contributed by atoms with Crippen LogP contribution in [0.25, 0.3) is 0 Å². The van der Waals surface area contributed by atoms with E-state index < -0.39 is 0 Å². The van der Waals surface area contributed by atoms with Gasteiger partial charge in [-0.1, -0.05) is 29.8 Å². The first-order chi connectivity index (χ1) is 6.36. The van der Waals surface area contributed by atoms with Crippen molar-refractivity contribution in [3.8, 4) is 0 Å². The number of nitrogens with two attached hydrogens (primary N) is 1. The van der Waals surface area contributed by atoms with Crippen molar-refractivity contribution in [1.82, 2.24) is 0 Å². The van der Waals surface area contributed by atoms with Crippen molar-refractivity contribution < 1.29 is 9.45 Å². The Morgan fingerprint density at radius 3 is 2.62 bits per heavy atom. The van der Waals surface area contributed by atoms with Gasteiger partial charge in [0.25, 0.3) is 7.48 Å². The molecule has 3 nitrogen and oxygen atoms in total. The van der Waals surface area contributed by atoms with Crippen molar-refractivity contribution >= 4 is 13.8 Å². The molecule has 0 aliphatic carbocycles. The highest BCUT2D eigenvalue weighted by Crippen LogP contribution is 2.02. The van der Waals surface area contributed by atoms with Crippen LogP contribution in [0.5, 0.6) is 0 Å². The van der Waals surface area contributed by atoms with Crippen LogP contribution in [-0.2, 0) is 11.0 Å².